The summed E-state index contributed by atoms with van der Waals surface area (Å²) >= 11 is 13.4. The quantitative estimate of drug-likeness (QED) is 0.528. The molecule has 3 aromatic rings. The van der Waals surface area contributed by atoms with Crippen LogP contribution < -0.4 is 5.32 Å². The van der Waals surface area contributed by atoms with Gasteiger partial charge in [-0.3, -0.25) is 0 Å². The standard InChI is InChI=1S/C19H13Cl2N3S/c1-12-3-2-4-15(7-12)23-10-14(9-22)19-24-18(11-25-19)13-5-6-16(20)17(21)8-13/h2-8,10-11,23H,1H3. The van der Waals surface area contributed by atoms with Crippen molar-refractivity contribution in [1.82, 2.24) is 4.98 Å². The van der Waals surface area contributed by atoms with Crippen LogP contribution in [0.4, 0.5) is 5.69 Å². The molecular formula is C19H13Cl2N3S. The van der Waals surface area contributed by atoms with Crippen molar-refractivity contribution in [2.75, 3.05) is 5.32 Å². The van der Waals surface area contributed by atoms with Crippen LogP contribution in [-0.2, 0) is 0 Å². The van der Waals surface area contributed by atoms with Gasteiger partial charge in [-0.05, 0) is 36.8 Å². The Morgan fingerprint density at radius 3 is 2.76 bits per heavy atom. The second kappa shape index (κ2) is 7.71. The topological polar surface area (TPSA) is 48.7 Å². The maximum Gasteiger partial charge on any atom is 0.136 e. The van der Waals surface area contributed by atoms with E-state index in [1.807, 2.05) is 42.6 Å². The molecule has 1 N–H and O–H groups in total. The molecule has 0 unspecified atom stereocenters. The van der Waals surface area contributed by atoms with Crippen LogP contribution in [0.2, 0.25) is 10.0 Å². The highest BCUT2D eigenvalue weighted by molar-refractivity contribution is 7.11. The van der Waals surface area contributed by atoms with Crippen molar-refractivity contribution < 1.29 is 0 Å². The molecule has 1 heterocycles. The number of hydrogen-bond donors (Lipinski definition) is 1. The highest BCUT2D eigenvalue weighted by Crippen LogP contribution is 2.30. The molecule has 124 valence electrons. The van der Waals surface area contributed by atoms with Crippen molar-refractivity contribution in [2.24, 2.45) is 0 Å². The number of aromatic nitrogens is 1. The Morgan fingerprint density at radius 2 is 2.04 bits per heavy atom. The summed E-state index contributed by atoms with van der Waals surface area (Å²) in [5, 5.41) is 16.1. The van der Waals surface area contributed by atoms with Crippen molar-refractivity contribution in [2.45, 2.75) is 6.92 Å². The first-order valence-corrected chi connectivity index (χ1v) is 9.05. The maximum atomic E-state index is 9.44. The third-order valence-electron chi connectivity index (χ3n) is 3.47. The Bertz CT molecular complexity index is 986. The molecule has 0 saturated heterocycles. The maximum absolute atomic E-state index is 9.44. The molecule has 0 aliphatic rings. The van der Waals surface area contributed by atoms with E-state index in [-0.39, 0.29) is 0 Å². The van der Waals surface area contributed by atoms with E-state index in [0.29, 0.717) is 20.6 Å². The number of hydrogen-bond acceptors (Lipinski definition) is 4. The van der Waals surface area contributed by atoms with Gasteiger partial charge in [0.25, 0.3) is 0 Å². The monoisotopic (exact) mass is 385 g/mol. The summed E-state index contributed by atoms with van der Waals surface area (Å²) in [4.78, 5) is 4.54. The van der Waals surface area contributed by atoms with Gasteiger partial charge in [0, 0.05) is 22.8 Å². The van der Waals surface area contributed by atoms with Gasteiger partial charge in [-0.15, -0.1) is 11.3 Å². The highest BCUT2D eigenvalue weighted by Gasteiger charge is 2.10. The van der Waals surface area contributed by atoms with Gasteiger partial charge >= 0.3 is 0 Å². The Labute approximate surface area is 160 Å². The molecular weight excluding hydrogens is 373 g/mol. The van der Waals surface area contributed by atoms with Gasteiger partial charge in [0.05, 0.1) is 15.7 Å². The van der Waals surface area contributed by atoms with Crippen LogP contribution in [0, 0.1) is 18.3 Å². The molecule has 0 fully saturated rings. The first kappa shape index (κ1) is 17.5. The smallest absolute Gasteiger partial charge is 0.136 e. The second-order valence-corrected chi connectivity index (χ2v) is 7.02. The van der Waals surface area contributed by atoms with Gasteiger partial charge < -0.3 is 5.32 Å². The zero-order valence-corrected chi connectivity index (χ0v) is 15.6. The number of allylic oxidation sites excluding steroid dienone is 1. The lowest BCUT2D eigenvalue weighted by Crippen LogP contribution is -1.91. The van der Waals surface area contributed by atoms with Crippen LogP contribution in [-0.4, -0.2) is 4.98 Å². The van der Waals surface area contributed by atoms with Crippen molar-refractivity contribution in [3.8, 4) is 17.3 Å². The molecule has 3 nitrogen and oxygen atoms in total. The third kappa shape index (κ3) is 4.21. The van der Waals surface area contributed by atoms with Crippen LogP contribution in [0.3, 0.4) is 0 Å². The molecule has 25 heavy (non-hydrogen) atoms. The molecule has 0 saturated carbocycles. The SMILES string of the molecule is Cc1cccc(NC=C(C#N)c2nc(-c3ccc(Cl)c(Cl)c3)cs2)c1. The Morgan fingerprint density at radius 1 is 1.20 bits per heavy atom. The van der Waals surface area contributed by atoms with Gasteiger partial charge in [0.1, 0.15) is 16.6 Å². The molecule has 0 spiro atoms. The Kier molecular flexibility index (Phi) is 5.40. The fourth-order valence-corrected chi connectivity index (χ4v) is 3.31. The number of anilines is 1. The number of thiazole rings is 1. The average molecular weight is 386 g/mol. The first-order valence-electron chi connectivity index (χ1n) is 7.41. The molecule has 0 amide bonds. The predicted molar refractivity (Wildman–Crippen MR) is 106 cm³/mol. The summed E-state index contributed by atoms with van der Waals surface area (Å²) in [5.41, 5.74) is 4.16. The van der Waals surface area contributed by atoms with E-state index in [0.717, 1.165) is 22.5 Å². The van der Waals surface area contributed by atoms with Crippen LogP contribution >= 0.6 is 34.5 Å². The van der Waals surface area contributed by atoms with E-state index in [1.165, 1.54) is 11.3 Å². The largest absolute Gasteiger partial charge is 0.360 e. The fourth-order valence-electron chi connectivity index (χ4n) is 2.22. The number of aryl methyl sites for hydroxylation is 1. The van der Waals surface area contributed by atoms with E-state index in [9.17, 15) is 5.26 Å². The van der Waals surface area contributed by atoms with Crippen molar-refractivity contribution in [3.05, 3.63) is 74.7 Å². The van der Waals surface area contributed by atoms with Crippen LogP contribution in [0.1, 0.15) is 10.6 Å². The van der Waals surface area contributed by atoms with Crippen LogP contribution in [0.25, 0.3) is 16.8 Å². The highest BCUT2D eigenvalue weighted by atomic mass is 35.5. The van der Waals surface area contributed by atoms with Gasteiger partial charge in [0.2, 0.25) is 0 Å². The summed E-state index contributed by atoms with van der Waals surface area (Å²) in [6, 6.07) is 15.5. The first-order chi connectivity index (χ1) is 12.1. The summed E-state index contributed by atoms with van der Waals surface area (Å²) in [5.74, 6) is 0. The van der Waals surface area contributed by atoms with E-state index < -0.39 is 0 Å². The minimum absolute atomic E-state index is 0.470. The molecule has 0 aliphatic heterocycles. The number of halogens is 2. The van der Waals surface area contributed by atoms with Crippen molar-refractivity contribution in [1.29, 1.82) is 5.26 Å². The fraction of sp³-hybridized carbons (Fsp3) is 0.0526. The molecule has 3 rings (SSSR count). The number of nitrogens with zero attached hydrogens (tertiary/aromatic N) is 2. The number of nitrogens with one attached hydrogen (secondary N) is 1. The normalized spacial score (nSPS) is 11.2. The summed E-state index contributed by atoms with van der Waals surface area (Å²) in [7, 11) is 0. The molecule has 0 aliphatic carbocycles. The lowest BCUT2D eigenvalue weighted by molar-refractivity contribution is 1.36. The van der Waals surface area contributed by atoms with Gasteiger partial charge in [-0.2, -0.15) is 5.26 Å². The molecule has 6 heteroatoms. The minimum Gasteiger partial charge on any atom is -0.360 e. The van der Waals surface area contributed by atoms with Gasteiger partial charge in [-0.25, -0.2) is 4.98 Å². The van der Waals surface area contributed by atoms with Crippen molar-refractivity contribution >= 4 is 45.8 Å². The zero-order valence-electron chi connectivity index (χ0n) is 13.3. The van der Waals surface area contributed by atoms with Crippen LogP contribution in [0.15, 0.2) is 54.0 Å². The number of benzene rings is 2. The lowest BCUT2D eigenvalue weighted by atomic mass is 10.2. The summed E-state index contributed by atoms with van der Waals surface area (Å²) in [6.45, 7) is 2.02. The van der Waals surface area contributed by atoms with E-state index in [1.54, 1.807) is 18.3 Å². The molecule has 0 atom stereocenters. The summed E-state index contributed by atoms with van der Waals surface area (Å²) in [6.07, 6.45) is 1.67. The number of nitriles is 1. The van der Waals surface area contributed by atoms with Crippen molar-refractivity contribution in [3.63, 3.8) is 0 Å². The average Bonchev–Trinajstić information content (AvgIpc) is 3.08. The van der Waals surface area contributed by atoms with E-state index in [4.69, 9.17) is 23.2 Å². The molecule has 1 aromatic heterocycles. The molecule has 0 radical (unpaired) electrons. The summed E-state index contributed by atoms with van der Waals surface area (Å²) < 4.78 is 0. The van der Waals surface area contributed by atoms with E-state index >= 15 is 0 Å². The Balaban J connectivity index is 1.85. The second-order valence-electron chi connectivity index (χ2n) is 5.35. The Hall–Kier alpha value is -2.32. The van der Waals surface area contributed by atoms with E-state index in [2.05, 4.69) is 16.4 Å². The number of rotatable bonds is 4. The molecule has 0 bridgehead atoms. The molecule has 2 aromatic carbocycles. The van der Waals surface area contributed by atoms with Gasteiger partial charge in [0.15, 0.2) is 0 Å². The lowest BCUT2D eigenvalue weighted by Gasteiger charge is -2.02. The third-order valence-corrected chi connectivity index (χ3v) is 5.09. The van der Waals surface area contributed by atoms with Gasteiger partial charge in [-0.1, -0.05) is 41.4 Å². The predicted octanol–water partition coefficient (Wildman–Crippen LogP) is 6.40. The zero-order chi connectivity index (χ0) is 17.8. The minimum atomic E-state index is 0.470. The van der Waals surface area contributed by atoms with Crippen LogP contribution in [0.5, 0.6) is 0 Å².